The van der Waals surface area contributed by atoms with Crippen molar-refractivity contribution in [3.63, 3.8) is 0 Å². The average Bonchev–Trinajstić information content (AvgIpc) is 2.78. The molecule has 1 aliphatic heterocycles. The van der Waals surface area contributed by atoms with Gasteiger partial charge in [-0.25, -0.2) is 0 Å². The Hall–Kier alpha value is -1.84. The standard InChI is InChI=1S/C28H44N2O/c1-7-28(31-6)16-11-24(4)26-14-12-25(13-15-26)22-29(5)27-17-20-30(21-18-27)19-9-8-10-23(2)3/h7,11-16,23,27H,1,8-10,17-22H2,2-6H3/b24-11+,28-16+. The SMILES string of the molecule is C=C/C(=C\C=C(/C)c1ccc(CN(C)C2CCN(CCCCC(C)C)CC2)cc1)OC. The first-order valence-electron chi connectivity index (χ1n) is 12.0. The van der Waals surface area contributed by atoms with Gasteiger partial charge in [0.05, 0.1) is 7.11 Å². The Morgan fingerprint density at radius 3 is 2.42 bits per heavy atom. The molecule has 1 heterocycles. The van der Waals surface area contributed by atoms with E-state index in [0.29, 0.717) is 6.04 Å². The second-order valence-corrected chi connectivity index (χ2v) is 9.40. The number of allylic oxidation sites excluding steroid dienone is 4. The molecule has 3 heteroatoms. The van der Waals surface area contributed by atoms with Gasteiger partial charge in [0.1, 0.15) is 5.76 Å². The number of rotatable bonds is 12. The molecule has 0 unspecified atom stereocenters. The molecule has 0 amide bonds. The van der Waals surface area contributed by atoms with Crippen LogP contribution in [0.3, 0.4) is 0 Å². The highest BCUT2D eigenvalue weighted by Gasteiger charge is 2.22. The molecule has 0 radical (unpaired) electrons. The highest BCUT2D eigenvalue weighted by Crippen LogP contribution is 2.20. The molecule has 0 saturated carbocycles. The molecule has 0 aromatic heterocycles. The number of methoxy groups -OCH3 is 1. The summed E-state index contributed by atoms with van der Waals surface area (Å²) in [7, 11) is 3.95. The van der Waals surface area contributed by atoms with Crippen LogP contribution in [0.15, 0.2) is 54.8 Å². The summed E-state index contributed by atoms with van der Waals surface area (Å²) in [4.78, 5) is 5.22. The number of benzene rings is 1. The Morgan fingerprint density at radius 2 is 1.84 bits per heavy atom. The van der Waals surface area contributed by atoms with Gasteiger partial charge in [0, 0.05) is 12.6 Å². The van der Waals surface area contributed by atoms with E-state index in [2.05, 4.69) is 74.5 Å². The van der Waals surface area contributed by atoms with Gasteiger partial charge in [-0.2, -0.15) is 0 Å². The summed E-state index contributed by atoms with van der Waals surface area (Å²) >= 11 is 0. The van der Waals surface area contributed by atoms with Crippen molar-refractivity contribution in [3.8, 4) is 0 Å². The van der Waals surface area contributed by atoms with E-state index < -0.39 is 0 Å². The lowest BCUT2D eigenvalue weighted by Gasteiger charge is -2.37. The predicted molar refractivity (Wildman–Crippen MR) is 135 cm³/mol. The van der Waals surface area contributed by atoms with Crippen molar-refractivity contribution in [2.45, 2.75) is 65.5 Å². The lowest BCUT2D eigenvalue weighted by atomic mass is 10.0. The third-order valence-corrected chi connectivity index (χ3v) is 6.46. The van der Waals surface area contributed by atoms with E-state index in [1.807, 2.05) is 6.08 Å². The zero-order valence-electron chi connectivity index (χ0n) is 20.6. The summed E-state index contributed by atoms with van der Waals surface area (Å²) < 4.78 is 5.24. The fraction of sp³-hybridized carbons (Fsp3) is 0.571. The van der Waals surface area contributed by atoms with E-state index in [1.165, 1.54) is 68.4 Å². The quantitative estimate of drug-likeness (QED) is 0.215. The van der Waals surface area contributed by atoms with Crippen LogP contribution in [0.25, 0.3) is 5.57 Å². The van der Waals surface area contributed by atoms with Gasteiger partial charge in [0.15, 0.2) is 0 Å². The molecule has 1 aromatic rings. The smallest absolute Gasteiger partial charge is 0.118 e. The van der Waals surface area contributed by atoms with E-state index in [-0.39, 0.29) is 0 Å². The van der Waals surface area contributed by atoms with E-state index in [1.54, 1.807) is 13.2 Å². The molecule has 2 rings (SSSR count). The summed E-state index contributed by atoms with van der Waals surface area (Å²) in [5.74, 6) is 1.62. The second kappa shape index (κ2) is 13.5. The molecule has 31 heavy (non-hydrogen) atoms. The lowest BCUT2D eigenvalue weighted by molar-refractivity contribution is 0.122. The Kier molecular flexibility index (Phi) is 11.1. The van der Waals surface area contributed by atoms with Crippen molar-refractivity contribution in [1.29, 1.82) is 0 Å². The van der Waals surface area contributed by atoms with Gasteiger partial charge in [-0.1, -0.05) is 63.6 Å². The maximum Gasteiger partial charge on any atom is 0.118 e. The highest BCUT2D eigenvalue weighted by molar-refractivity contribution is 5.65. The topological polar surface area (TPSA) is 15.7 Å². The van der Waals surface area contributed by atoms with Crippen LogP contribution in [0.4, 0.5) is 0 Å². The summed E-state index contributed by atoms with van der Waals surface area (Å²) in [6.07, 6.45) is 12.4. The van der Waals surface area contributed by atoms with Gasteiger partial charge in [-0.05, 0) is 87.6 Å². The monoisotopic (exact) mass is 424 g/mol. The zero-order valence-corrected chi connectivity index (χ0v) is 20.6. The first-order chi connectivity index (χ1) is 14.9. The van der Waals surface area contributed by atoms with E-state index >= 15 is 0 Å². The Balaban J connectivity index is 1.79. The third-order valence-electron chi connectivity index (χ3n) is 6.46. The van der Waals surface area contributed by atoms with Crippen LogP contribution in [0.5, 0.6) is 0 Å². The van der Waals surface area contributed by atoms with E-state index in [9.17, 15) is 0 Å². The van der Waals surface area contributed by atoms with Crippen LogP contribution >= 0.6 is 0 Å². The first kappa shape index (κ1) is 25.4. The summed E-state index contributed by atoms with van der Waals surface area (Å²) in [6, 6.07) is 9.68. The Labute approximate surface area is 191 Å². The van der Waals surface area contributed by atoms with Crippen molar-refractivity contribution in [3.05, 3.63) is 66.0 Å². The van der Waals surface area contributed by atoms with Crippen molar-refractivity contribution in [1.82, 2.24) is 9.80 Å². The second-order valence-electron chi connectivity index (χ2n) is 9.40. The molecule has 1 saturated heterocycles. The number of hydrogen-bond donors (Lipinski definition) is 0. The van der Waals surface area contributed by atoms with Crippen LogP contribution in [0, 0.1) is 5.92 Å². The molecular weight excluding hydrogens is 380 g/mol. The van der Waals surface area contributed by atoms with Crippen LogP contribution in [-0.4, -0.2) is 49.6 Å². The number of unbranched alkanes of at least 4 members (excludes halogenated alkanes) is 1. The van der Waals surface area contributed by atoms with Crippen molar-refractivity contribution in [2.24, 2.45) is 5.92 Å². The van der Waals surface area contributed by atoms with Gasteiger partial charge >= 0.3 is 0 Å². The summed E-state index contributed by atoms with van der Waals surface area (Å²) in [5.41, 5.74) is 3.85. The minimum Gasteiger partial charge on any atom is -0.497 e. The molecule has 0 N–H and O–H groups in total. The Morgan fingerprint density at radius 1 is 1.16 bits per heavy atom. The average molecular weight is 425 g/mol. The molecule has 0 spiro atoms. The van der Waals surface area contributed by atoms with Crippen LogP contribution in [0.2, 0.25) is 0 Å². The van der Waals surface area contributed by atoms with Crippen molar-refractivity contribution < 1.29 is 4.74 Å². The maximum atomic E-state index is 5.24. The van der Waals surface area contributed by atoms with Crippen molar-refractivity contribution in [2.75, 3.05) is 33.8 Å². The maximum absolute atomic E-state index is 5.24. The molecule has 172 valence electrons. The number of likely N-dealkylation sites (tertiary alicyclic amines) is 1. The normalized spacial score (nSPS) is 16.9. The molecule has 0 aliphatic carbocycles. The largest absolute Gasteiger partial charge is 0.497 e. The fourth-order valence-electron chi connectivity index (χ4n) is 4.28. The Bertz CT molecular complexity index is 709. The molecule has 0 atom stereocenters. The van der Waals surface area contributed by atoms with Crippen LogP contribution in [-0.2, 0) is 11.3 Å². The third kappa shape index (κ3) is 9.04. The van der Waals surface area contributed by atoms with Crippen LogP contribution in [0.1, 0.15) is 64.0 Å². The lowest BCUT2D eigenvalue weighted by Crippen LogP contribution is -2.43. The molecule has 1 aliphatic rings. The fourth-order valence-corrected chi connectivity index (χ4v) is 4.28. The van der Waals surface area contributed by atoms with Gasteiger partial charge in [-0.15, -0.1) is 0 Å². The molecular formula is C28H44N2O. The van der Waals surface area contributed by atoms with Gasteiger partial charge in [0.2, 0.25) is 0 Å². The molecule has 1 fully saturated rings. The zero-order chi connectivity index (χ0) is 22.6. The minimum absolute atomic E-state index is 0.699. The number of nitrogens with zero attached hydrogens (tertiary/aromatic N) is 2. The van der Waals surface area contributed by atoms with Crippen molar-refractivity contribution >= 4 is 5.57 Å². The predicted octanol–water partition coefficient (Wildman–Crippen LogP) is 6.53. The molecule has 3 nitrogen and oxygen atoms in total. The van der Waals surface area contributed by atoms with Gasteiger partial charge < -0.3 is 9.64 Å². The van der Waals surface area contributed by atoms with Gasteiger partial charge in [-0.3, -0.25) is 4.90 Å². The first-order valence-corrected chi connectivity index (χ1v) is 12.0. The number of hydrogen-bond acceptors (Lipinski definition) is 3. The van der Waals surface area contributed by atoms with E-state index in [0.717, 1.165) is 18.2 Å². The summed E-state index contributed by atoms with van der Waals surface area (Å²) in [6.45, 7) is 15.3. The van der Waals surface area contributed by atoms with E-state index in [4.69, 9.17) is 4.74 Å². The number of piperidine rings is 1. The van der Waals surface area contributed by atoms with Crippen LogP contribution < -0.4 is 0 Å². The van der Waals surface area contributed by atoms with Gasteiger partial charge in [0.25, 0.3) is 0 Å². The highest BCUT2D eigenvalue weighted by atomic mass is 16.5. The molecule has 1 aromatic carbocycles. The minimum atomic E-state index is 0.699. The number of ether oxygens (including phenoxy) is 1. The molecule has 0 bridgehead atoms. The summed E-state index contributed by atoms with van der Waals surface area (Å²) in [5, 5.41) is 0.